The number of anilines is 1. The predicted octanol–water partition coefficient (Wildman–Crippen LogP) is 6.36. The smallest absolute Gasteiger partial charge is 0.264 e. The number of carbonyl (C=O) groups excluding carboxylic acids is 2. The maximum Gasteiger partial charge on any atom is 0.264 e. The molecule has 0 spiro atoms. The first-order chi connectivity index (χ1) is 19.6. The van der Waals surface area contributed by atoms with Gasteiger partial charge in [-0.05, 0) is 68.1 Å². The van der Waals surface area contributed by atoms with Crippen molar-refractivity contribution in [3.63, 3.8) is 0 Å². The van der Waals surface area contributed by atoms with Gasteiger partial charge in [-0.2, -0.15) is 0 Å². The van der Waals surface area contributed by atoms with Crippen molar-refractivity contribution < 1.29 is 18.0 Å². The van der Waals surface area contributed by atoms with Gasteiger partial charge in [0.25, 0.3) is 10.0 Å². The molecule has 10 heteroatoms. The van der Waals surface area contributed by atoms with Crippen LogP contribution in [0.25, 0.3) is 0 Å². The summed E-state index contributed by atoms with van der Waals surface area (Å²) in [6, 6.07) is 19.2. The molecular weight excluding hydrogens is 581 g/mol. The molecule has 1 fully saturated rings. The SMILES string of the molecule is Cc1ccccc1N(CC(=O)N(Cc1ccc(Cl)c(Cl)c1)[C@H](C)C(=O)NC1CCCCC1)S(=O)(=O)c1ccccc1. The molecule has 1 aliphatic rings. The number of aryl methyl sites for hydroxylation is 1. The normalized spacial score (nSPS) is 14.7. The van der Waals surface area contributed by atoms with Gasteiger partial charge in [0.1, 0.15) is 12.6 Å². The van der Waals surface area contributed by atoms with Gasteiger partial charge in [0.2, 0.25) is 11.8 Å². The summed E-state index contributed by atoms with van der Waals surface area (Å²) in [5, 5.41) is 3.79. The molecule has 0 unspecified atom stereocenters. The summed E-state index contributed by atoms with van der Waals surface area (Å²) < 4.78 is 28.9. The van der Waals surface area contributed by atoms with Crippen LogP contribution in [0.2, 0.25) is 10.0 Å². The van der Waals surface area contributed by atoms with E-state index in [0.717, 1.165) is 36.4 Å². The Morgan fingerprint density at radius 3 is 2.24 bits per heavy atom. The van der Waals surface area contributed by atoms with Crippen LogP contribution in [0.4, 0.5) is 5.69 Å². The summed E-state index contributed by atoms with van der Waals surface area (Å²) >= 11 is 12.4. The number of rotatable bonds is 10. The first kappa shape index (κ1) is 30.9. The van der Waals surface area contributed by atoms with Gasteiger partial charge in [-0.3, -0.25) is 13.9 Å². The van der Waals surface area contributed by atoms with Gasteiger partial charge in [0.05, 0.1) is 20.6 Å². The molecule has 0 aliphatic heterocycles. The highest BCUT2D eigenvalue weighted by Crippen LogP contribution is 2.28. The molecule has 0 saturated heterocycles. The number of halogens is 2. The molecule has 41 heavy (non-hydrogen) atoms. The van der Waals surface area contributed by atoms with Gasteiger partial charge >= 0.3 is 0 Å². The first-order valence-corrected chi connectivity index (χ1v) is 15.9. The lowest BCUT2D eigenvalue weighted by Crippen LogP contribution is -2.53. The number of nitrogens with one attached hydrogen (secondary N) is 1. The van der Waals surface area contributed by atoms with E-state index in [-0.39, 0.29) is 23.4 Å². The molecule has 1 N–H and O–H groups in total. The van der Waals surface area contributed by atoms with Crippen LogP contribution < -0.4 is 9.62 Å². The Labute approximate surface area is 252 Å². The van der Waals surface area contributed by atoms with Gasteiger partial charge in [0, 0.05) is 12.6 Å². The van der Waals surface area contributed by atoms with Crippen molar-refractivity contribution in [3.05, 3.63) is 94.0 Å². The van der Waals surface area contributed by atoms with Crippen molar-refractivity contribution in [1.29, 1.82) is 0 Å². The minimum atomic E-state index is -4.11. The Kier molecular flexibility index (Phi) is 10.3. The van der Waals surface area contributed by atoms with E-state index in [1.807, 2.05) is 6.07 Å². The van der Waals surface area contributed by atoms with Crippen LogP contribution in [-0.4, -0.2) is 43.8 Å². The van der Waals surface area contributed by atoms with Gasteiger partial charge in [-0.1, -0.05) is 84.9 Å². The summed E-state index contributed by atoms with van der Waals surface area (Å²) in [4.78, 5) is 29.0. The summed E-state index contributed by atoms with van der Waals surface area (Å²) in [5.41, 5.74) is 1.75. The number of hydrogen-bond donors (Lipinski definition) is 1. The monoisotopic (exact) mass is 615 g/mol. The largest absolute Gasteiger partial charge is 0.352 e. The molecule has 0 radical (unpaired) electrons. The number of para-hydroxylation sites is 1. The second-order valence-corrected chi connectivity index (χ2v) is 13.1. The summed E-state index contributed by atoms with van der Waals surface area (Å²) in [6.07, 6.45) is 5.04. The third-order valence-electron chi connectivity index (χ3n) is 7.45. The number of hydrogen-bond acceptors (Lipinski definition) is 4. The van der Waals surface area contributed by atoms with Crippen LogP contribution in [0.5, 0.6) is 0 Å². The highest BCUT2D eigenvalue weighted by molar-refractivity contribution is 7.92. The van der Waals surface area contributed by atoms with Crippen LogP contribution in [0.15, 0.2) is 77.7 Å². The van der Waals surface area contributed by atoms with Crippen LogP contribution >= 0.6 is 23.2 Å². The van der Waals surface area contributed by atoms with E-state index in [0.29, 0.717) is 26.9 Å². The van der Waals surface area contributed by atoms with Gasteiger partial charge in [-0.15, -0.1) is 0 Å². The molecule has 1 aliphatic carbocycles. The average Bonchev–Trinajstić information content (AvgIpc) is 2.97. The van der Waals surface area contributed by atoms with E-state index in [1.54, 1.807) is 68.4 Å². The Morgan fingerprint density at radius 1 is 0.927 bits per heavy atom. The maximum atomic E-state index is 14.1. The van der Waals surface area contributed by atoms with Crippen molar-refractivity contribution in [2.45, 2.75) is 69.5 Å². The van der Waals surface area contributed by atoms with Crippen molar-refractivity contribution in [2.24, 2.45) is 0 Å². The highest BCUT2D eigenvalue weighted by atomic mass is 35.5. The topological polar surface area (TPSA) is 86.8 Å². The lowest BCUT2D eigenvalue weighted by Gasteiger charge is -2.33. The summed E-state index contributed by atoms with van der Waals surface area (Å²) in [5.74, 6) is -0.802. The van der Waals surface area contributed by atoms with E-state index in [9.17, 15) is 18.0 Å². The van der Waals surface area contributed by atoms with E-state index in [2.05, 4.69) is 5.32 Å². The Morgan fingerprint density at radius 2 is 1.59 bits per heavy atom. The molecule has 0 aromatic heterocycles. The van der Waals surface area contributed by atoms with Gasteiger partial charge in [0.15, 0.2) is 0 Å². The number of amides is 2. The van der Waals surface area contributed by atoms with Crippen molar-refractivity contribution in [2.75, 3.05) is 10.8 Å². The lowest BCUT2D eigenvalue weighted by atomic mass is 9.95. The molecule has 3 aromatic carbocycles. The number of carbonyl (C=O) groups is 2. The summed E-state index contributed by atoms with van der Waals surface area (Å²) in [6.45, 7) is 3.00. The van der Waals surface area contributed by atoms with E-state index < -0.39 is 28.5 Å². The van der Waals surface area contributed by atoms with Crippen LogP contribution in [0.1, 0.15) is 50.2 Å². The number of benzene rings is 3. The van der Waals surface area contributed by atoms with E-state index in [1.165, 1.54) is 17.0 Å². The third-order valence-corrected chi connectivity index (χ3v) is 9.96. The standard InChI is InChI=1S/C31H35Cl2N3O4S/c1-22-11-9-10-16-29(22)36(41(39,40)26-14-7-4-8-15-26)21-30(37)35(20-24-17-18-27(32)28(33)19-24)23(2)31(38)34-25-12-5-3-6-13-25/h4,7-11,14-19,23,25H,3,5-6,12-13,20-21H2,1-2H3,(H,34,38)/t23-/m1/s1. The lowest BCUT2D eigenvalue weighted by molar-refractivity contribution is -0.139. The maximum absolute atomic E-state index is 14.1. The molecule has 1 atom stereocenters. The minimum absolute atomic E-state index is 0.0436. The van der Waals surface area contributed by atoms with Crippen molar-refractivity contribution in [1.82, 2.24) is 10.2 Å². The van der Waals surface area contributed by atoms with E-state index >= 15 is 0 Å². The van der Waals surface area contributed by atoms with Crippen LogP contribution in [-0.2, 0) is 26.2 Å². The molecule has 3 aromatic rings. The third kappa shape index (κ3) is 7.61. The quantitative estimate of drug-likeness (QED) is 0.287. The zero-order valence-corrected chi connectivity index (χ0v) is 25.6. The Bertz CT molecular complexity index is 1480. The van der Waals surface area contributed by atoms with Crippen LogP contribution in [0, 0.1) is 6.92 Å². The predicted molar refractivity (Wildman–Crippen MR) is 164 cm³/mol. The van der Waals surface area contributed by atoms with Crippen molar-refractivity contribution >= 4 is 50.7 Å². The average molecular weight is 617 g/mol. The molecular formula is C31H35Cl2N3O4S. The number of sulfonamides is 1. The first-order valence-electron chi connectivity index (χ1n) is 13.7. The molecule has 0 heterocycles. The zero-order valence-electron chi connectivity index (χ0n) is 23.2. The Hall–Kier alpha value is -3.07. The van der Waals surface area contributed by atoms with Crippen molar-refractivity contribution in [3.8, 4) is 0 Å². The molecule has 7 nitrogen and oxygen atoms in total. The fourth-order valence-electron chi connectivity index (χ4n) is 5.06. The second kappa shape index (κ2) is 13.7. The van der Waals surface area contributed by atoms with Crippen LogP contribution in [0.3, 0.4) is 0 Å². The van der Waals surface area contributed by atoms with Gasteiger partial charge < -0.3 is 10.2 Å². The fraction of sp³-hybridized carbons (Fsp3) is 0.355. The highest BCUT2D eigenvalue weighted by Gasteiger charge is 2.33. The zero-order chi connectivity index (χ0) is 29.6. The van der Waals surface area contributed by atoms with E-state index in [4.69, 9.17) is 23.2 Å². The number of nitrogens with zero attached hydrogens (tertiary/aromatic N) is 2. The molecule has 1 saturated carbocycles. The molecule has 0 bridgehead atoms. The molecule has 218 valence electrons. The minimum Gasteiger partial charge on any atom is -0.352 e. The second-order valence-electron chi connectivity index (χ2n) is 10.4. The molecule has 4 rings (SSSR count). The Balaban J connectivity index is 1.69. The van der Waals surface area contributed by atoms with Gasteiger partial charge in [-0.25, -0.2) is 8.42 Å². The molecule has 2 amide bonds. The summed E-state index contributed by atoms with van der Waals surface area (Å²) in [7, 11) is -4.11. The fourth-order valence-corrected chi connectivity index (χ4v) is 6.88.